The molecule has 21 heteroatoms. The first-order valence-corrected chi connectivity index (χ1v) is 12.8. The van der Waals surface area contributed by atoms with E-state index in [9.17, 15) is 32.9 Å². The Kier molecular flexibility index (Phi) is 6.91. The lowest BCUT2D eigenvalue weighted by Gasteiger charge is -2.19. The van der Waals surface area contributed by atoms with Crippen LogP contribution in [-0.4, -0.2) is 69.2 Å². The average Bonchev–Trinajstić information content (AvgIpc) is 3.12. The second-order valence-electron chi connectivity index (χ2n) is 6.36. The van der Waals surface area contributed by atoms with Crippen LogP contribution in [0, 0.1) is 6.92 Å². The van der Waals surface area contributed by atoms with Crippen LogP contribution in [-0.2, 0) is 31.6 Å². The summed E-state index contributed by atoms with van der Waals surface area (Å²) in [6, 6.07) is 0. The van der Waals surface area contributed by atoms with Crippen LogP contribution in [0.2, 0.25) is 0 Å². The smallest absolute Gasteiger partial charge is 0.387 e. The van der Waals surface area contributed by atoms with Crippen LogP contribution >= 0.6 is 23.5 Å². The van der Waals surface area contributed by atoms with Gasteiger partial charge in [0, 0.05) is 0 Å². The molecule has 1 fully saturated rings. The SMILES string of the molecule is Cc1nc2c(ncn2[C@@H]2O[C@H](COP(=O)(O)OP(=O)(O)OP(=O)(O)O)C(O)[C@@H]2F)c(=O)[nH]1. The second kappa shape index (κ2) is 8.76. The predicted molar refractivity (Wildman–Crippen MR) is 97.5 cm³/mol. The van der Waals surface area contributed by atoms with E-state index >= 15 is 0 Å². The first-order chi connectivity index (χ1) is 14.6. The molecule has 180 valence electrons. The van der Waals surface area contributed by atoms with Crippen molar-refractivity contribution in [3.63, 3.8) is 0 Å². The molecule has 0 aliphatic carbocycles. The van der Waals surface area contributed by atoms with Crippen LogP contribution in [0.15, 0.2) is 11.1 Å². The molecule has 0 saturated carbocycles. The van der Waals surface area contributed by atoms with Crippen molar-refractivity contribution in [2.45, 2.75) is 31.5 Å². The number of aliphatic hydroxyl groups is 1. The number of phosphoric acid groups is 3. The predicted octanol–water partition coefficient (Wildman–Crippen LogP) is -0.632. The first-order valence-electron chi connectivity index (χ1n) is 8.28. The molecule has 0 aromatic carbocycles. The lowest BCUT2D eigenvalue weighted by Crippen LogP contribution is -2.31. The summed E-state index contributed by atoms with van der Waals surface area (Å²) in [5, 5.41) is 10.0. The van der Waals surface area contributed by atoms with Crippen LogP contribution in [0.4, 0.5) is 4.39 Å². The maximum Gasteiger partial charge on any atom is 0.490 e. The van der Waals surface area contributed by atoms with Gasteiger partial charge in [-0.2, -0.15) is 8.62 Å². The maximum absolute atomic E-state index is 14.7. The largest absolute Gasteiger partial charge is 0.490 e. The number of phosphoric ester groups is 1. The van der Waals surface area contributed by atoms with E-state index in [0.717, 1.165) is 10.9 Å². The van der Waals surface area contributed by atoms with E-state index in [1.165, 1.54) is 6.92 Å². The number of ether oxygens (including phenoxy) is 1. The van der Waals surface area contributed by atoms with Crippen LogP contribution in [0.1, 0.15) is 12.1 Å². The number of hydrogen-bond acceptors (Lipinski definition) is 11. The van der Waals surface area contributed by atoms with Gasteiger partial charge in [-0.05, 0) is 6.92 Å². The number of rotatable bonds is 8. The van der Waals surface area contributed by atoms with Gasteiger partial charge in [0.15, 0.2) is 23.6 Å². The van der Waals surface area contributed by atoms with E-state index < -0.39 is 60.2 Å². The molecule has 0 spiro atoms. The minimum absolute atomic E-state index is 0.0698. The zero-order valence-corrected chi connectivity index (χ0v) is 18.3. The molecule has 1 saturated heterocycles. The highest BCUT2D eigenvalue weighted by atomic mass is 31.3. The van der Waals surface area contributed by atoms with E-state index in [0.29, 0.717) is 0 Å². The molecular weight excluding hydrogens is 508 g/mol. The van der Waals surface area contributed by atoms with Gasteiger partial charge in [-0.15, -0.1) is 0 Å². The number of imidazole rings is 1. The van der Waals surface area contributed by atoms with Crippen molar-refractivity contribution in [2.24, 2.45) is 0 Å². The summed E-state index contributed by atoms with van der Waals surface area (Å²) in [6.07, 6.45) is -6.27. The van der Waals surface area contributed by atoms with Crippen LogP contribution in [0.25, 0.3) is 11.2 Å². The van der Waals surface area contributed by atoms with E-state index in [1.54, 1.807) is 0 Å². The van der Waals surface area contributed by atoms with Crippen molar-refractivity contribution in [3.05, 3.63) is 22.5 Å². The summed E-state index contributed by atoms with van der Waals surface area (Å²) in [4.78, 5) is 57.6. The fourth-order valence-electron chi connectivity index (χ4n) is 2.76. The third kappa shape index (κ3) is 5.75. The van der Waals surface area contributed by atoms with E-state index in [-0.39, 0.29) is 17.0 Å². The van der Waals surface area contributed by atoms with Gasteiger partial charge in [0.05, 0.1) is 12.9 Å². The summed E-state index contributed by atoms with van der Waals surface area (Å²) in [6.45, 7) is 0.391. The summed E-state index contributed by atoms with van der Waals surface area (Å²) in [5.41, 5.74) is -0.818. The summed E-state index contributed by atoms with van der Waals surface area (Å²) in [7, 11) is -16.8. The van der Waals surface area contributed by atoms with Crippen molar-refractivity contribution < 1.29 is 60.6 Å². The Labute approximate surface area is 176 Å². The molecule has 3 unspecified atom stereocenters. The van der Waals surface area contributed by atoms with Crippen LogP contribution < -0.4 is 5.56 Å². The molecule has 3 heterocycles. The normalized spacial score (nSPS) is 28.0. The molecule has 0 radical (unpaired) electrons. The summed E-state index contributed by atoms with van der Waals surface area (Å²) >= 11 is 0. The topological polar surface area (TPSA) is 253 Å². The minimum Gasteiger partial charge on any atom is -0.387 e. The summed E-state index contributed by atoms with van der Waals surface area (Å²) in [5.74, 6) is 0.183. The Morgan fingerprint density at radius 3 is 2.50 bits per heavy atom. The average molecular weight is 524 g/mol. The molecule has 3 rings (SSSR count). The van der Waals surface area contributed by atoms with Crippen molar-refractivity contribution >= 4 is 34.6 Å². The number of aromatic nitrogens is 4. The number of nitrogens with zero attached hydrogens (tertiary/aromatic N) is 3. The Morgan fingerprint density at radius 1 is 1.22 bits per heavy atom. The van der Waals surface area contributed by atoms with Gasteiger partial charge in [0.2, 0.25) is 0 Å². The summed E-state index contributed by atoms with van der Waals surface area (Å²) < 4.78 is 66.1. The van der Waals surface area contributed by atoms with Gasteiger partial charge in [0.25, 0.3) is 5.56 Å². The molecule has 0 amide bonds. The van der Waals surface area contributed by atoms with E-state index in [4.69, 9.17) is 19.4 Å². The number of aliphatic hydroxyl groups excluding tert-OH is 1. The third-order valence-electron chi connectivity index (χ3n) is 3.94. The molecule has 2 aromatic heterocycles. The highest BCUT2D eigenvalue weighted by molar-refractivity contribution is 7.66. The van der Waals surface area contributed by atoms with Crippen molar-refractivity contribution in [1.29, 1.82) is 0 Å². The first kappa shape index (κ1) is 25.2. The van der Waals surface area contributed by atoms with Gasteiger partial charge in [0.1, 0.15) is 18.0 Å². The lowest BCUT2D eigenvalue weighted by atomic mass is 10.1. The van der Waals surface area contributed by atoms with Gasteiger partial charge in [-0.25, -0.2) is 28.1 Å². The van der Waals surface area contributed by atoms with E-state index in [1.807, 2.05) is 0 Å². The quantitative estimate of drug-likeness (QED) is 0.235. The number of halogens is 1. The zero-order chi connectivity index (χ0) is 24.1. The lowest BCUT2D eigenvalue weighted by molar-refractivity contribution is -0.0450. The number of aromatic amines is 1. The second-order valence-corrected chi connectivity index (χ2v) is 10.8. The van der Waals surface area contributed by atoms with Crippen molar-refractivity contribution in [3.8, 4) is 0 Å². The molecule has 17 nitrogen and oxygen atoms in total. The van der Waals surface area contributed by atoms with Crippen molar-refractivity contribution in [2.75, 3.05) is 6.61 Å². The Bertz CT molecular complexity index is 1210. The molecular formula is C11H16FN4O13P3. The number of H-pyrrole nitrogens is 1. The standard InChI is InChI=1S/C11H16FN4O13P3/c1-4-14-9-7(10(18)15-4)13-3-16(9)11-6(12)8(17)5(27-11)2-26-31(22,23)29-32(24,25)28-30(19,20)21/h3,5-6,8,11,17H,2H2,1H3,(H,22,23)(H,24,25)(H,14,15,18)(H2,19,20,21)/t5-,6+,8?,11-/m1/s1. The monoisotopic (exact) mass is 524 g/mol. The van der Waals surface area contributed by atoms with Crippen molar-refractivity contribution in [1.82, 2.24) is 19.5 Å². The molecule has 1 aliphatic rings. The molecule has 32 heavy (non-hydrogen) atoms. The Balaban J connectivity index is 1.72. The Hall–Kier alpha value is -1.39. The third-order valence-corrected chi connectivity index (χ3v) is 7.74. The fraction of sp³-hybridized carbons (Fsp3) is 0.545. The highest BCUT2D eigenvalue weighted by Gasteiger charge is 2.48. The van der Waals surface area contributed by atoms with Gasteiger partial charge >= 0.3 is 23.5 Å². The van der Waals surface area contributed by atoms with Crippen LogP contribution in [0.3, 0.4) is 0 Å². The molecule has 6 N–H and O–H groups in total. The molecule has 1 aliphatic heterocycles. The fourth-order valence-corrected chi connectivity index (χ4v) is 5.79. The number of aryl methyl sites for hydroxylation is 1. The minimum atomic E-state index is -5.74. The number of alkyl halides is 1. The molecule has 6 atom stereocenters. The van der Waals surface area contributed by atoms with Gasteiger partial charge in [-0.3, -0.25) is 13.9 Å². The molecule has 0 bridgehead atoms. The van der Waals surface area contributed by atoms with E-state index in [2.05, 4.69) is 28.1 Å². The highest BCUT2D eigenvalue weighted by Crippen LogP contribution is 2.66. The van der Waals surface area contributed by atoms with Gasteiger partial charge < -0.3 is 34.4 Å². The van der Waals surface area contributed by atoms with Gasteiger partial charge in [-0.1, -0.05) is 0 Å². The maximum atomic E-state index is 14.7. The molecule has 2 aromatic rings. The number of hydrogen-bond donors (Lipinski definition) is 6. The Morgan fingerprint density at radius 2 is 1.88 bits per heavy atom. The number of nitrogens with one attached hydrogen (secondary N) is 1. The van der Waals surface area contributed by atoms with Crippen LogP contribution in [0.5, 0.6) is 0 Å². The zero-order valence-electron chi connectivity index (χ0n) is 15.7. The number of fused-ring (bicyclic) bond motifs is 1.